The first kappa shape index (κ1) is 18.7. The first-order valence-electron chi connectivity index (χ1n) is 10.2. The van der Waals surface area contributed by atoms with Crippen LogP contribution in [-0.4, -0.2) is 39.3 Å². The molecule has 1 N–H and O–H groups in total. The van der Waals surface area contributed by atoms with Gasteiger partial charge in [0.15, 0.2) is 0 Å². The largest absolute Gasteiger partial charge is 0.348 e. The van der Waals surface area contributed by atoms with Crippen molar-refractivity contribution in [3.05, 3.63) is 71.2 Å². The maximum Gasteiger partial charge on any atom is 0.270 e. The van der Waals surface area contributed by atoms with Crippen LogP contribution in [0.5, 0.6) is 0 Å². The summed E-state index contributed by atoms with van der Waals surface area (Å²) < 4.78 is 1.92. The summed E-state index contributed by atoms with van der Waals surface area (Å²) >= 11 is 0. The van der Waals surface area contributed by atoms with Gasteiger partial charge in [-0.3, -0.25) is 14.1 Å². The average molecular weight is 377 g/mol. The fourth-order valence-electron chi connectivity index (χ4n) is 4.01. The summed E-state index contributed by atoms with van der Waals surface area (Å²) in [6, 6.07) is 14.8. The monoisotopic (exact) mass is 376 g/mol. The highest BCUT2D eigenvalue weighted by molar-refractivity contribution is 5.95. The van der Waals surface area contributed by atoms with E-state index in [0.717, 1.165) is 55.8 Å². The van der Waals surface area contributed by atoms with Gasteiger partial charge < -0.3 is 5.32 Å². The topological polar surface area (TPSA) is 49.6 Å². The van der Waals surface area contributed by atoms with Gasteiger partial charge in [-0.1, -0.05) is 37.3 Å². The summed E-state index contributed by atoms with van der Waals surface area (Å²) in [5.41, 5.74) is 4.89. The van der Waals surface area contributed by atoms with Gasteiger partial charge in [-0.25, -0.2) is 4.98 Å². The molecule has 28 heavy (non-hydrogen) atoms. The minimum Gasteiger partial charge on any atom is -0.348 e. The van der Waals surface area contributed by atoms with Gasteiger partial charge in [0.2, 0.25) is 0 Å². The second-order valence-corrected chi connectivity index (χ2v) is 7.70. The summed E-state index contributed by atoms with van der Waals surface area (Å²) in [5, 5.41) is 3.26. The van der Waals surface area contributed by atoms with E-state index in [2.05, 4.69) is 45.5 Å². The fourth-order valence-corrected chi connectivity index (χ4v) is 4.01. The molecule has 2 aromatic heterocycles. The summed E-state index contributed by atoms with van der Waals surface area (Å²) in [6.07, 6.45) is 4.67. The lowest BCUT2D eigenvalue weighted by atomic mass is 10.0. The molecule has 1 amide bonds. The van der Waals surface area contributed by atoms with Crippen molar-refractivity contribution >= 4 is 11.6 Å². The van der Waals surface area contributed by atoms with Crippen molar-refractivity contribution in [2.24, 2.45) is 0 Å². The molecule has 1 saturated heterocycles. The van der Waals surface area contributed by atoms with E-state index in [9.17, 15) is 4.79 Å². The van der Waals surface area contributed by atoms with Crippen LogP contribution in [0, 0.1) is 6.92 Å². The Labute approximate surface area is 166 Å². The predicted molar refractivity (Wildman–Crippen MR) is 112 cm³/mol. The van der Waals surface area contributed by atoms with Gasteiger partial charge in [-0.15, -0.1) is 0 Å². The number of aromatic nitrogens is 2. The summed E-state index contributed by atoms with van der Waals surface area (Å²) in [7, 11) is 0. The predicted octanol–water partition coefficient (Wildman–Crippen LogP) is 3.60. The molecule has 3 heterocycles. The number of nitrogens with one attached hydrogen (secondary N) is 1. The summed E-state index contributed by atoms with van der Waals surface area (Å²) in [4.78, 5) is 20.2. The molecule has 0 spiro atoms. The minimum atomic E-state index is -0.00490. The molecular formula is C23H28N4O. The molecule has 1 aromatic carbocycles. The average Bonchev–Trinajstić information content (AvgIpc) is 3.08. The number of hydrogen-bond acceptors (Lipinski definition) is 3. The van der Waals surface area contributed by atoms with Crippen molar-refractivity contribution in [3.8, 4) is 0 Å². The van der Waals surface area contributed by atoms with Crippen LogP contribution in [0.2, 0.25) is 0 Å². The van der Waals surface area contributed by atoms with Gasteiger partial charge in [0, 0.05) is 31.9 Å². The second-order valence-electron chi connectivity index (χ2n) is 7.70. The quantitative estimate of drug-likeness (QED) is 0.740. The van der Waals surface area contributed by atoms with Crippen LogP contribution in [0.3, 0.4) is 0 Å². The highest BCUT2D eigenvalue weighted by atomic mass is 16.2. The number of likely N-dealkylation sites (tertiary alicyclic amines) is 1. The van der Waals surface area contributed by atoms with Gasteiger partial charge in [-0.05, 0) is 49.4 Å². The van der Waals surface area contributed by atoms with E-state index >= 15 is 0 Å². The number of imidazole rings is 1. The highest BCUT2D eigenvalue weighted by Crippen LogP contribution is 2.18. The van der Waals surface area contributed by atoms with Crippen molar-refractivity contribution in [1.82, 2.24) is 19.6 Å². The van der Waals surface area contributed by atoms with Crippen LogP contribution >= 0.6 is 0 Å². The number of carbonyl (C=O) groups excluding carboxylic acids is 1. The fraction of sp³-hybridized carbons (Fsp3) is 0.391. The first-order chi connectivity index (χ1) is 13.6. The maximum atomic E-state index is 13.0. The van der Waals surface area contributed by atoms with E-state index in [1.54, 1.807) is 0 Å². The van der Waals surface area contributed by atoms with E-state index < -0.39 is 0 Å². The third-order valence-corrected chi connectivity index (χ3v) is 5.58. The Morgan fingerprint density at radius 3 is 2.64 bits per heavy atom. The Kier molecular flexibility index (Phi) is 5.44. The third-order valence-electron chi connectivity index (χ3n) is 5.58. The molecule has 146 valence electrons. The van der Waals surface area contributed by atoms with Crippen molar-refractivity contribution in [3.63, 3.8) is 0 Å². The van der Waals surface area contributed by atoms with Gasteiger partial charge in [0.25, 0.3) is 5.91 Å². The van der Waals surface area contributed by atoms with Gasteiger partial charge in [-0.2, -0.15) is 0 Å². The van der Waals surface area contributed by atoms with Crippen molar-refractivity contribution in [1.29, 1.82) is 0 Å². The summed E-state index contributed by atoms with van der Waals surface area (Å²) in [5.74, 6) is -0.00490. The molecular weight excluding hydrogens is 348 g/mol. The zero-order valence-corrected chi connectivity index (χ0v) is 16.7. The lowest BCUT2D eigenvalue weighted by molar-refractivity contribution is 0.0902. The van der Waals surface area contributed by atoms with E-state index in [1.807, 2.05) is 36.6 Å². The van der Waals surface area contributed by atoms with Crippen LogP contribution in [0.1, 0.15) is 47.1 Å². The molecule has 0 atom stereocenters. The Bertz CT molecular complexity index is 955. The van der Waals surface area contributed by atoms with E-state index in [-0.39, 0.29) is 11.9 Å². The molecule has 5 nitrogen and oxygen atoms in total. The third kappa shape index (κ3) is 3.94. The number of nitrogens with zero attached hydrogens (tertiary/aromatic N) is 3. The lowest BCUT2D eigenvalue weighted by Gasteiger charge is -2.32. The summed E-state index contributed by atoms with van der Waals surface area (Å²) in [6.45, 7) is 7.09. The van der Waals surface area contributed by atoms with E-state index in [0.29, 0.717) is 5.69 Å². The SMILES string of the molecule is CCc1nc2cc(C)ccn2c1C(=O)NC1CCN(Cc2ccccc2)CC1. The van der Waals surface area contributed by atoms with Crippen molar-refractivity contribution in [2.45, 2.75) is 45.7 Å². The standard InChI is InChI=1S/C23H28N4O/c1-3-20-22(27-14-9-17(2)15-21(27)25-20)23(28)24-19-10-12-26(13-11-19)16-18-7-5-4-6-8-18/h4-9,14-15,19H,3,10-13,16H2,1-2H3,(H,24,28). The van der Waals surface area contributed by atoms with Crippen LogP contribution < -0.4 is 5.32 Å². The number of benzene rings is 1. The van der Waals surface area contributed by atoms with Gasteiger partial charge in [0.05, 0.1) is 5.69 Å². The number of carbonyl (C=O) groups is 1. The normalized spacial score (nSPS) is 15.8. The van der Waals surface area contributed by atoms with Gasteiger partial charge >= 0.3 is 0 Å². The first-order valence-corrected chi connectivity index (χ1v) is 10.2. The minimum absolute atomic E-state index is 0.00490. The number of pyridine rings is 1. The number of rotatable bonds is 5. The molecule has 1 aliphatic rings. The van der Waals surface area contributed by atoms with Crippen LogP contribution in [0.25, 0.3) is 5.65 Å². The molecule has 0 unspecified atom stereocenters. The van der Waals surface area contributed by atoms with Crippen molar-refractivity contribution in [2.75, 3.05) is 13.1 Å². The number of aryl methyl sites for hydroxylation is 2. The molecule has 3 aromatic rings. The highest BCUT2D eigenvalue weighted by Gasteiger charge is 2.24. The van der Waals surface area contributed by atoms with Crippen molar-refractivity contribution < 1.29 is 4.79 Å². The Morgan fingerprint density at radius 2 is 1.93 bits per heavy atom. The molecule has 1 fully saturated rings. The van der Waals surface area contributed by atoms with Gasteiger partial charge in [0.1, 0.15) is 11.3 Å². The number of fused-ring (bicyclic) bond motifs is 1. The Balaban J connectivity index is 1.40. The number of amides is 1. The van der Waals surface area contributed by atoms with Crippen LogP contribution in [-0.2, 0) is 13.0 Å². The van der Waals surface area contributed by atoms with Crippen LogP contribution in [0.15, 0.2) is 48.7 Å². The molecule has 0 aliphatic carbocycles. The molecule has 1 aliphatic heterocycles. The van der Waals surface area contributed by atoms with E-state index in [1.165, 1.54) is 5.56 Å². The van der Waals surface area contributed by atoms with E-state index in [4.69, 9.17) is 0 Å². The Hall–Kier alpha value is -2.66. The molecule has 4 rings (SSSR count). The second kappa shape index (κ2) is 8.15. The zero-order valence-electron chi connectivity index (χ0n) is 16.7. The Morgan fingerprint density at radius 1 is 1.18 bits per heavy atom. The molecule has 0 saturated carbocycles. The van der Waals surface area contributed by atoms with Crippen LogP contribution in [0.4, 0.5) is 0 Å². The molecule has 5 heteroatoms. The maximum absolute atomic E-state index is 13.0. The lowest BCUT2D eigenvalue weighted by Crippen LogP contribution is -2.44. The number of piperidine rings is 1. The molecule has 0 bridgehead atoms. The number of hydrogen-bond donors (Lipinski definition) is 1. The zero-order chi connectivity index (χ0) is 19.5. The molecule has 0 radical (unpaired) electrons. The smallest absolute Gasteiger partial charge is 0.270 e.